The number of amides is 1. The van der Waals surface area contributed by atoms with Crippen molar-refractivity contribution in [2.24, 2.45) is 10.6 Å². The van der Waals surface area contributed by atoms with Crippen molar-refractivity contribution >= 4 is 23.5 Å². The summed E-state index contributed by atoms with van der Waals surface area (Å²) in [5.74, 6) is -6.88. The van der Waals surface area contributed by atoms with E-state index in [2.05, 4.69) is 10.4 Å². The number of alkyl halides is 4. The number of nitrogens with zero attached hydrogens (tertiary/aromatic N) is 3. The van der Waals surface area contributed by atoms with Crippen LogP contribution in [0.2, 0.25) is 0 Å². The highest BCUT2D eigenvalue weighted by Gasteiger charge is 2.47. The van der Waals surface area contributed by atoms with E-state index in [4.69, 9.17) is 5.14 Å². The number of hydrogen-bond acceptors (Lipinski definition) is 5. The van der Waals surface area contributed by atoms with Crippen LogP contribution in [0.25, 0.3) is 0 Å². The van der Waals surface area contributed by atoms with Crippen LogP contribution in [0.15, 0.2) is 23.4 Å². The quantitative estimate of drug-likeness (QED) is 0.262. The van der Waals surface area contributed by atoms with Gasteiger partial charge in [-0.05, 0) is 18.8 Å². The number of aromatic nitrogens is 3. The van der Waals surface area contributed by atoms with E-state index in [1.54, 1.807) is 6.92 Å². The summed E-state index contributed by atoms with van der Waals surface area (Å²) in [6.07, 6.45) is 0.725. The summed E-state index contributed by atoms with van der Waals surface area (Å²) in [6.45, 7) is 3.56. The predicted molar refractivity (Wildman–Crippen MR) is 105 cm³/mol. The van der Waals surface area contributed by atoms with Gasteiger partial charge in [-0.2, -0.15) is 13.9 Å². The summed E-state index contributed by atoms with van der Waals surface area (Å²) >= 11 is 0.741. The van der Waals surface area contributed by atoms with Gasteiger partial charge in [-0.1, -0.05) is 6.92 Å². The van der Waals surface area contributed by atoms with E-state index in [0.29, 0.717) is 6.92 Å². The molecule has 0 bridgehead atoms. The summed E-state index contributed by atoms with van der Waals surface area (Å²) in [5, 5.41) is 21.8. The number of anilines is 1. The first-order chi connectivity index (χ1) is 14.2. The van der Waals surface area contributed by atoms with Crippen LogP contribution in [0.1, 0.15) is 54.9 Å². The Morgan fingerprint density at radius 1 is 1.45 bits per heavy atom. The summed E-state index contributed by atoms with van der Waals surface area (Å²) in [5.41, 5.74) is -1.37. The van der Waals surface area contributed by atoms with Gasteiger partial charge in [0.2, 0.25) is 12.1 Å². The van der Waals surface area contributed by atoms with E-state index in [1.165, 1.54) is 25.3 Å². The Hall–Kier alpha value is -2.34. The summed E-state index contributed by atoms with van der Waals surface area (Å²) < 4.78 is 57.7. The molecule has 0 saturated heterocycles. The molecule has 2 aromatic heterocycles. The van der Waals surface area contributed by atoms with Crippen LogP contribution in [0, 0.1) is 12.3 Å². The van der Waals surface area contributed by atoms with Gasteiger partial charge in [-0.3, -0.25) is 19.8 Å². The molecule has 0 spiro atoms. The summed E-state index contributed by atoms with van der Waals surface area (Å²) in [4.78, 5) is 13.0. The van der Waals surface area contributed by atoms with E-state index in [9.17, 15) is 27.6 Å². The van der Waals surface area contributed by atoms with Crippen molar-refractivity contribution in [1.29, 1.82) is 0 Å². The minimum Gasteiger partial charge on any atom is -0.320 e. The van der Waals surface area contributed by atoms with Crippen molar-refractivity contribution in [3.05, 3.63) is 35.3 Å². The molecule has 170 valence electrons. The van der Waals surface area contributed by atoms with Crippen LogP contribution in [0.3, 0.4) is 0 Å². The van der Waals surface area contributed by atoms with Crippen molar-refractivity contribution in [3.63, 3.8) is 0 Å². The first kappa shape index (κ1) is 23.3. The van der Waals surface area contributed by atoms with Crippen LogP contribution < -0.4 is 15.2 Å². The second-order valence-electron chi connectivity index (χ2n) is 8.38. The molecule has 3 rings (SSSR count). The number of rotatable bonds is 6. The van der Waals surface area contributed by atoms with Crippen LogP contribution >= 0.6 is 11.9 Å². The average molecular weight is 462 g/mol. The van der Waals surface area contributed by atoms with Crippen molar-refractivity contribution in [2.75, 3.05) is 5.32 Å². The molecule has 1 unspecified atom stereocenters. The molecule has 0 aromatic carbocycles. The predicted octanol–water partition coefficient (Wildman–Crippen LogP) is 3.87. The standard InChI is InChI=1S/C19H23F4N5O2S/c1-11-14(16(29)25-12-4-7-28(30)13(8-12)31-24)27(26-15(11)18(3,20)21)10-17(2)5-6-19(22,23)9-17/h4,7-8,30H,5-6,9-10,24H2,1-3H3/p+1. The fraction of sp³-hybridized carbons (Fsp3) is 0.526. The molecule has 1 saturated carbocycles. The molecule has 1 aliphatic carbocycles. The lowest BCUT2D eigenvalue weighted by Gasteiger charge is -2.24. The SMILES string of the molecule is Cc1c(C(C)(F)F)nn(CC2(C)CCC(F)(F)C2)c1C(=O)Nc1cc[n+](O)c(SN)c1. The highest BCUT2D eigenvalue weighted by atomic mass is 32.2. The van der Waals surface area contributed by atoms with Gasteiger partial charge in [0.1, 0.15) is 11.4 Å². The molecule has 0 radical (unpaired) electrons. The van der Waals surface area contributed by atoms with Crippen molar-refractivity contribution in [1.82, 2.24) is 9.78 Å². The number of nitrogens with one attached hydrogen (secondary N) is 1. The lowest BCUT2D eigenvalue weighted by molar-refractivity contribution is -0.932. The second-order valence-corrected chi connectivity index (χ2v) is 9.04. The minimum absolute atomic E-state index is 0.0278. The number of hydrogen-bond donors (Lipinski definition) is 3. The van der Waals surface area contributed by atoms with Gasteiger partial charge in [0.25, 0.3) is 11.8 Å². The highest BCUT2D eigenvalue weighted by Crippen LogP contribution is 2.48. The van der Waals surface area contributed by atoms with Crippen LogP contribution in [0.4, 0.5) is 23.2 Å². The normalized spacial score (nSPS) is 20.8. The maximum Gasteiger partial charge on any atom is 0.307 e. The minimum atomic E-state index is -3.32. The van der Waals surface area contributed by atoms with Crippen molar-refractivity contribution in [3.8, 4) is 0 Å². The van der Waals surface area contributed by atoms with Gasteiger partial charge >= 0.3 is 5.03 Å². The van der Waals surface area contributed by atoms with Crippen LogP contribution in [-0.4, -0.2) is 26.8 Å². The maximum atomic E-state index is 14.1. The van der Waals surface area contributed by atoms with Gasteiger partial charge in [-0.15, -0.1) is 0 Å². The molecule has 0 aliphatic heterocycles. The number of carbonyl (C=O) groups is 1. The molecule has 2 heterocycles. The van der Waals surface area contributed by atoms with Crippen molar-refractivity contribution in [2.45, 2.75) is 63.4 Å². The molecule has 1 amide bonds. The van der Waals surface area contributed by atoms with Gasteiger partial charge in [0.05, 0.1) is 5.69 Å². The summed E-state index contributed by atoms with van der Waals surface area (Å²) in [7, 11) is 0. The van der Waals surface area contributed by atoms with Crippen molar-refractivity contribution < 1.29 is 32.3 Å². The van der Waals surface area contributed by atoms with Crippen LogP contribution in [0.5, 0.6) is 0 Å². The number of carbonyl (C=O) groups excluding carboxylic acids is 1. The third kappa shape index (κ3) is 4.95. The molecule has 1 fully saturated rings. The zero-order valence-corrected chi connectivity index (χ0v) is 18.1. The van der Waals surface area contributed by atoms with E-state index < -0.39 is 35.3 Å². The Bertz CT molecular complexity index is 1010. The van der Waals surface area contributed by atoms with E-state index >= 15 is 0 Å². The fourth-order valence-electron chi connectivity index (χ4n) is 3.98. The van der Waals surface area contributed by atoms with Crippen LogP contribution in [-0.2, 0) is 12.5 Å². The molecule has 1 atom stereocenters. The summed E-state index contributed by atoms with van der Waals surface area (Å²) in [6, 6.07) is 2.79. The second kappa shape index (κ2) is 7.97. The third-order valence-electron chi connectivity index (χ3n) is 5.41. The maximum absolute atomic E-state index is 14.1. The van der Waals surface area contributed by atoms with Gasteiger partial charge < -0.3 is 5.32 Å². The number of halogens is 4. The first-order valence-corrected chi connectivity index (χ1v) is 10.4. The lowest BCUT2D eigenvalue weighted by Crippen LogP contribution is -2.33. The van der Waals surface area contributed by atoms with Gasteiger partial charge in [-0.25, -0.2) is 8.78 Å². The topological polar surface area (TPSA) is 97.0 Å². The fourth-order valence-corrected chi connectivity index (χ4v) is 4.34. The molecule has 2 aromatic rings. The molecule has 31 heavy (non-hydrogen) atoms. The molecular formula is C19H24F4N5O2S+. The molecule has 4 N–H and O–H groups in total. The van der Waals surface area contributed by atoms with E-state index in [-0.39, 0.29) is 41.4 Å². The van der Waals surface area contributed by atoms with E-state index in [1.807, 2.05) is 0 Å². The molecule has 1 aliphatic rings. The Morgan fingerprint density at radius 2 is 2.13 bits per heavy atom. The smallest absolute Gasteiger partial charge is 0.307 e. The lowest BCUT2D eigenvalue weighted by atomic mass is 9.88. The highest BCUT2D eigenvalue weighted by molar-refractivity contribution is 7.96. The Labute approximate surface area is 180 Å². The monoisotopic (exact) mass is 462 g/mol. The molecular weight excluding hydrogens is 438 g/mol. The first-order valence-electron chi connectivity index (χ1n) is 9.51. The third-order valence-corrected chi connectivity index (χ3v) is 5.96. The Balaban J connectivity index is 1.98. The van der Waals surface area contributed by atoms with Gasteiger partial charge in [0, 0.05) is 60.7 Å². The van der Waals surface area contributed by atoms with E-state index in [0.717, 1.165) is 21.4 Å². The largest absolute Gasteiger partial charge is 0.320 e. The Morgan fingerprint density at radius 3 is 2.68 bits per heavy atom. The number of pyridine rings is 1. The number of nitrogens with two attached hydrogens (primary N) is 1. The zero-order valence-electron chi connectivity index (χ0n) is 17.3. The molecule has 12 heteroatoms. The average Bonchev–Trinajstić information content (AvgIpc) is 3.11. The Kier molecular flexibility index (Phi) is 6.00. The zero-order chi connectivity index (χ0) is 23.2. The van der Waals surface area contributed by atoms with Gasteiger partial charge in [0.15, 0.2) is 0 Å². The molecule has 7 nitrogen and oxygen atoms in total.